The van der Waals surface area contributed by atoms with Crippen LogP contribution in [0.2, 0.25) is 0 Å². The number of fused-ring (bicyclic) bond motifs is 1. The lowest BCUT2D eigenvalue weighted by Gasteiger charge is -2.20. The van der Waals surface area contributed by atoms with Gasteiger partial charge in [-0.1, -0.05) is 26.8 Å². The van der Waals surface area contributed by atoms with Crippen LogP contribution in [0.3, 0.4) is 0 Å². The fraction of sp³-hybridized carbons (Fsp3) is 0.533. The predicted molar refractivity (Wildman–Crippen MR) is 73.2 cm³/mol. The molecule has 0 bridgehead atoms. The van der Waals surface area contributed by atoms with E-state index in [1.165, 1.54) is 0 Å². The summed E-state index contributed by atoms with van der Waals surface area (Å²) in [5, 5.41) is 3.01. The molecule has 1 amide bonds. The Kier molecular flexibility index (Phi) is 3.69. The van der Waals surface area contributed by atoms with E-state index < -0.39 is 0 Å². The number of hydrogen-bond donors (Lipinski definition) is 1. The highest BCUT2D eigenvalue weighted by atomic mass is 16.7. The van der Waals surface area contributed by atoms with Gasteiger partial charge in [-0.3, -0.25) is 4.79 Å². The number of hydrogen-bond acceptors (Lipinski definition) is 3. The lowest BCUT2D eigenvalue weighted by molar-refractivity contribution is -0.123. The Morgan fingerprint density at radius 3 is 2.68 bits per heavy atom. The first-order chi connectivity index (χ1) is 8.85. The second-order valence-electron chi connectivity index (χ2n) is 6.14. The number of carbonyl (C=O) groups excluding carboxylic acids is 1. The topological polar surface area (TPSA) is 47.6 Å². The summed E-state index contributed by atoms with van der Waals surface area (Å²) in [6.45, 7) is 8.40. The number of rotatable bonds is 3. The van der Waals surface area contributed by atoms with Crippen molar-refractivity contribution in [3.63, 3.8) is 0 Å². The summed E-state index contributed by atoms with van der Waals surface area (Å²) in [5.41, 5.74) is 1.02. The lowest BCUT2D eigenvalue weighted by Crippen LogP contribution is -2.29. The van der Waals surface area contributed by atoms with E-state index in [-0.39, 0.29) is 24.2 Å². The molecule has 1 aliphatic rings. The van der Waals surface area contributed by atoms with Crippen LogP contribution in [-0.2, 0) is 4.79 Å². The van der Waals surface area contributed by atoms with Gasteiger partial charge in [0.05, 0.1) is 6.04 Å². The van der Waals surface area contributed by atoms with Crippen LogP contribution < -0.4 is 14.8 Å². The SMILES string of the molecule is CC(NC(=O)CC(C)(C)C)c1ccc2c(c1)OCO2. The number of amides is 1. The zero-order valence-electron chi connectivity index (χ0n) is 11.9. The molecule has 0 aromatic heterocycles. The summed E-state index contributed by atoms with van der Waals surface area (Å²) in [6.07, 6.45) is 0.516. The molecule has 1 aliphatic heterocycles. The smallest absolute Gasteiger partial charge is 0.231 e. The van der Waals surface area contributed by atoms with E-state index in [1.807, 2.05) is 25.1 Å². The molecule has 0 aliphatic carbocycles. The molecule has 0 saturated heterocycles. The molecular weight excluding hydrogens is 242 g/mol. The van der Waals surface area contributed by atoms with E-state index >= 15 is 0 Å². The molecule has 1 aromatic rings. The molecule has 0 radical (unpaired) electrons. The van der Waals surface area contributed by atoms with Gasteiger partial charge in [0.25, 0.3) is 0 Å². The summed E-state index contributed by atoms with van der Waals surface area (Å²) in [6, 6.07) is 5.72. The van der Waals surface area contributed by atoms with Gasteiger partial charge in [-0.2, -0.15) is 0 Å². The van der Waals surface area contributed by atoms with Crippen LogP contribution >= 0.6 is 0 Å². The van der Waals surface area contributed by atoms with Gasteiger partial charge in [0.2, 0.25) is 12.7 Å². The lowest BCUT2D eigenvalue weighted by atomic mass is 9.91. The highest BCUT2D eigenvalue weighted by molar-refractivity contribution is 5.77. The van der Waals surface area contributed by atoms with Crippen molar-refractivity contribution in [2.45, 2.75) is 40.2 Å². The minimum atomic E-state index is -0.0376. The van der Waals surface area contributed by atoms with Crippen molar-refractivity contribution >= 4 is 5.91 Å². The van der Waals surface area contributed by atoms with Crippen LogP contribution in [0.15, 0.2) is 18.2 Å². The van der Waals surface area contributed by atoms with E-state index in [4.69, 9.17) is 9.47 Å². The van der Waals surface area contributed by atoms with Gasteiger partial charge in [-0.25, -0.2) is 0 Å². The van der Waals surface area contributed by atoms with Crippen LogP contribution in [-0.4, -0.2) is 12.7 Å². The highest BCUT2D eigenvalue weighted by Gasteiger charge is 2.19. The first-order valence-electron chi connectivity index (χ1n) is 6.54. The predicted octanol–water partition coefficient (Wildman–Crippen LogP) is 3.03. The van der Waals surface area contributed by atoms with Crippen molar-refractivity contribution in [2.75, 3.05) is 6.79 Å². The van der Waals surface area contributed by atoms with Gasteiger partial charge in [0.1, 0.15) is 0 Å². The van der Waals surface area contributed by atoms with Crippen molar-refractivity contribution in [2.24, 2.45) is 5.41 Å². The largest absolute Gasteiger partial charge is 0.454 e. The molecule has 0 spiro atoms. The molecule has 0 fully saturated rings. The maximum Gasteiger partial charge on any atom is 0.231 e. The molecule has 4 heteroatoms. The van der Waals surface area contributed by atoms with Gasteiger partial charge < -0.3 is 14.8 Å². The maximum absolute atomic E-state index is 11.9. The van der Waals surface area contributed by atoms with Crippen molar-refractivity contribution in [3.8, 4) is 11.5 Å². The Morgan fingerprint density at radius 1 is 1.32 bits per heavy atom. The summed E-state index contributed by atoms with van der Waals surface area (Å²) in [4.78, 5) is 11.9. The summed E-state index contributed by atoms with van der Waals surface area (Å²) >= 11 is 0. The fourth-order valence-corrected chi connectivity index (χ4v) is 2.04. The first-order valence-corrected chi connectivity index (χ1v) is 6.54. The number of benzene rings is 1. The Hall–Kier alpha value is -1.71. The van der Waals surface area contributed by atoms with Crippen molar-refractivity contribution in [1.82, 2.24) is 5.32 Å². The molecule has 2 rings (SSSR count). The number of ether oxygens (including phenoxy) is 2. The standard InChI is InChI=1S/C15H21NO3/c1-10(16-14(17)8-15(2,3)4)11-5-6-12-13(7-11)19-9-18-12/h5-7,10H,8-9H2,1-4H3,(H,16,17). The molecule has 1 aromatic carbocycles. The fourth-order valence-electron chi connectivity index (χ4n) is 2.04. The molecule has 1 unspecified atom stereocenters. The Balaban J connectivity index is 2.00. The van der Waals surface area contributed by atoms with Gasteiger partial charge in [0.15, 0.2) is 11.5 Å². The van der Waals surface area contributed by atoms with Gasteiger partial charge in [0, 0.05) is 6.42 Å². The van der Waals surface area contributed by atoms with E-state index in [2.05, 4.69) is 26.1 Å². The highest BCUT2D eigenvalue weighted by Crippen LogP contribution is 2.34. The maximum atomic E-state index is 11.9. The van der Waals surface area contributed by atoms with E-state index in [1.54, 1.807) is 0 Å². The van der Waals surface area contributed by atoms with Crippen LogP contribution in [0, 0.1) is 5.41 Å². The van der Waals surface area contributed by atoms with Gasteiger partial charge in [-0.15, -0.1) is 0 Å². The number of nitrogens with one attached hydrogen (secondary N) is 1. The van der Waals surface area contributed by atoms with Crippen LogP contribution in [0.25, 0.3) is 0 Å². The molecule has 104 valence electrons. The molecule has 1 atom stereocenters. The average molecular weight is 263 g/mol. The monoisotopic (exact) mass is 263 g/mol. The average Bonchev–Trinajstić information content (AvgIpc) is 2.72. The summed E-state index contributed by atoms with van der Waals surface area (Å²) < 4.78 is 10.6. The van der Waals surface area contributed by atoms with E-state index in [9.17, 15) is 4.79 Å². The number of carbonyl (C=O) groups is 1. The zero-order valence-corrected chi connectivity index (χ0v) is 11.9. The second-order valence-corrected chi connectivity index (χ2v) is 6.14. The zero-order chi connectivity index (χ0) is 14.0. The van der Waals surface area contributed by atoms with E-state index in [0.29, 0.717) is 6.42 Å². The van der Waals surface area contributed by atoms with Crippen LogP contribution in [0.5, 0.6) is 11.5 Å². The third kappa shape index (κ3) is 3.63. The Bertz CT molecular complexity index is 477. The van der Waals surface area contributed by atoms with Crippen molar-refractivity contribution in [1.29, 1.82) is 0 Å². The molecule has 19 heavy (non-hydrogen) atoms. The third-order valence-corrected chi connectivity index (χ3v) is 2.97. The van der Waals surface area contributed by atoms with Crippen molar-refractivity contribution < 1.29 is 14.3 Å². The summed E-state index contributed by atoms with van der Waals surface area (Å²) in [5.74, 6) is 1.57. The van der Waals surface area contributed by atoms with Crippen LogP contribution in [0.4, 0.5) is 0 Å². The molecule has 0 saturated carbocycles. The normalized spacial score (nSPS) is 15.2. The first kappa shape index (κ1) is 13.7. The molecule has 1 N–H and O–H groups in total. The van der Waals surface area contributed by atoms with E-state index in [0.717, 1.165) is 17.1 Å². The minimum Gasteiger partial charge on any atom is -0.454 e. The second kappa shape index (κ2) is 5.11. The molecule has 4 nitrogen and oxygen atoms in total. The quantitative estimate of drug-likeness (QED) is 0.911. The third-order valence-electron chi connectivity index (χ3n) is 2.97. The summed E-state index contributed by atoms with van der Waals surface area (Å²) in [7, 11) is 0. The molecule has 1 heterocycles. The van der Waals surface area contributed by atoms with Gasteiger partial charge in [-0.05, 0) is 30.0 Å². The van der Waals surface area contributed by atoms with Crippen LogP contribution in [0.1, 0.15) is 45.7 Å². The van der Waals surface area contributed by atoms with Crippen molar-refractivity contribution in [3.05, 3.63) is 23.8 Å². The minimum absolute atomic E-state index is 0.00130. The molecular formula is C15H21NO3. The Labute approximate surface area is 114 Å². The Morgan fingerprint density at radius 2 is 2.00 bits per heavy atom. The van der Waals surface area contributed by atoms with Gasteiger partial charge >= 0.3 is 0 Å².